The number of hydrogen-bond acceptors (Lipinski definition) is 4. The van der Waals surface area contributed by atoms with Crippen molar-refractivity contribution in [1.29, 1.82) is 0 Å². The van der Waals surface area contributed by atoms with Gasteiger partial charge in [0.1, 0.15) is 5.75 Å². The van der Waals surface area contributed by atoms with E-state index in [4.69, 9.17) is 4.74 Å². The Kier molecular flexibility index (Phi) is 4.04. The highest BCUT2D eigenvalue weighted by Crippen LogP contribution is 2.37. The van der Waals surface area contributed by atoms with Crippen molar-refractivity contribution in [1.82, 2.24) is 4.98 Å². The molecule has 0 spiro atoms. The molecule has 0 saturated carbocycles. The van der Waals surface area contributed by atoms with Crippen LogP contribution < -0.4 is 4.74 Å². The third kappa shape index (κ3) is 2.74. The summed E-state index contributed by atoms with van der Waals surface area (Å²) in [7, 11) is 1.49. The molecule has 6 nitrogen and oxygen atoms in total. The van der Waals surface area contributed by atoms with Gasteiger partial charge in [0.15, 0.2) is 5.69 Å². The van der Waals surface area contributed by atoms with Crippen molar-refractivity contribution < 1.29 is 14.6 Å². The van der Waals surface area contributed by atoms with Crippen LogP contribution in [0, 0.1) is 13.8 Å². The number of rotatable bonds is 3. The average molecular weight is 323 g/mol. The molecule has 24 heavy (non-hydrogen) atoms. The highest BCUT2D eigenvalue weighted by Gasteiger charge is 2.15. The fourth-order valence-electron chi connectivity index (χ4n) is 2.70. The summed E-state index contributed by atoms with van der Waals surface area (Å²) in [6.45, 7) is 3.89. The predicted molar refractivity (Wildman–Crippen MR) is 91.3 cm³/mol. The van der Waals surface area contributed by atoms with Crippen molar-refractivity contribution >= 4 is 22.5 Å². The molecule has 1 aromatic heterocycles. The molecule has 122 valence electrons. The lowest BCUT2D eigenvalue weighted by Gasteiger charge is -2.03. The molecule has 1 heterocycles. The maximum Gasteiger partial charge on any atom is 0.299 e. The molecule has 3 aromatic rings. The molecule has 2 N–H and O–H groups in total. The molecule has 0 bridgehead atoms. The first-order chi connectivity index (χ1) is 11.5. The molecule has 3 rings (SSSR count). The monoisotopic (exact) mass is 323 g/mol. The van der Waals surface area contributed by atoms with E-state index in [0.717, 1.165) is 22.0 Å². The number of azo groups is 1. The highest BCUT2D eigenvalue weighted by atomic mass is 16.5. The number of aromatic amines is 1. The van der Waals surface area contributed by atoms with E-state index in [2.05, 4.69) is 15.2 Å². The van der Waals surface area contributed by atoms with Crippen LogP contribution in [0.5, 0.6) is 11.6 Å². The summed E-state index contributed by atoms with van der Waals surface area (Å²) in [5.41, 5.74) is 3.36. The third-order valence-corrected chi connectivity index (χ3v) is 3.78. The summed E-state index contributed by atoms with van der Waals surface area (Å²) in [6, 6.07) is 10.7. The summed E-state index contributed by atoms with van der Waals surface area (Å²) in [5, 5.41) is 18.5. The maximum absolute atomic E-state index is 12.3. The molecule has 0 aliphatic rings. The molecule has 6 heteroatoms. The van der Waals surface area contributed by atoms with Gasteiger partial charge >= 0.3 is 0 Å². The van der Waals surface area contributed by atoms with E-state index in [1.165, 1.54) is 7.11 Å². The number of nitrogens with one attached hydrogen (secondary N) is 1. The van der Waals surface area contributed by atoms with Gasteiger partial charge in [0.05, 0.1) is 18.2 Å². The number of aromatic hydroxyl groups is 1. The molecule has 0 saturated heterocycles. The summed E-state index contributed by atoms with van der Waals surface area (Å²) in [5.74, 6) is -0.225. The minimum Gasteiger partial charge on any atom is -0.496 e. The van der Waals surface area contributed by atoms with Gasteiger partial charge in [-0.3, -0.25) is 4.79 Å². The summed E-state index contributed by atoms with van der Waals surface area (Å²) < 4.78 is 5.15. The molecule has 0 radical (unpaired) electrons. The lowest BCUT2D eigenvalue weighted by molar-refractivity contribution is 0.0992. The topological polar surface area (TPSA) is 87.0 Å². The quantitative estimate of drug-likeness (QED) is 0.699. The van der Waals surface area contributed by atoms with Crippen molar-refractivity contribution in [3.05, 3.63) is 53.1 Å². The predicted octanol–water partition coefficient (Wildman–Crippen LogP) is 4.42. The average Bonchev–Trinajstić information content (AvgIpc) is 2.88. The van der Waals surface area contributed by atoms with Gasteiger partial charge in [0.25, 0.3) is 5.91 Å². The van der Waals surface area contributed by atoms with Crippen molar-refractivity contribution in [3.8, 4) is 11.6 Å². The minimum absolute atomic E-state index is 0.115. The van der Waals surface area contributed by atoms with Gasteiger partial charge in [-0.25, -0.2) is 0 Å². The number of methoxy groups -OCH3 is 1. The van der Waals surface area contributed by atoms with E-state index in [0.29, 0.717) is 11.3 Å². The van der Waals surface area contributed by atoms with Gasteiger partial charge in [0, 0.05) is 5.39 Å². The van der Waals surface area contributed by atoms with Gasteiger partial charge in [-0.05, 0) is 37.6 Å². The van der Waals surface area contributed by atoms with Gasteiger partial charge in [-0.2, -0.15) is 0 Å². The Balaban J connectivity index is 2.02. The molecule has 0 unspecified atom stereocenters. The van der Waals surface area contributed by atoms with E-state index >= 15 is 0 Å². The Labute approximate surface area is 138 Å². The normalized spacial score (nSPS) is 11.3. The molecule has 0 fully saturated rings. The van der Waals surface area contributed by atoms with Crippen LogP contribution in [0.25, 0.3) is 10.9 Å². The number of fused-ring (bicyclic) bond motifs is 1. The SMILES string of the molecule is COc1ccccc1C(=O)N=Nc1c(O)[nH]c2c(C)cc(C)cc12. The first-order valence-electron chi connectivity index (χ1n) is 7.42. The zero-order valence-electron chi connectivity index (χ0n) is 13.6. The lowest BCUT2D eigenvalue weighted by Crippen LogP contribution is -1.97. The molecular weight excluding hydrogens is 306 g/mol. The smallest absolute Gasteiger partial charge is 0.299 e. The number of para-hydroxylation sites is 1. The number of H-pyrrole nitrogens is 1. The second kappa shape index (κ2) is 6.16. The van der Waals surface area contributed by atoms with Crippen LogP contribution in [0.2, 0.25) is 0 Å². The van der Waals surface area contributed by atoms with Crippen LogP contribution in [0.3, 0.4) is 0 Å². The van der Waals surface area contributed by atoms with Crippen molar-refractivity contribution in [2.45, 2.75) is 13.8 Å². The minimum atomic E-state index is -0.537. The molecule has 0 aliphatic heterocycles. The maximum atomic E-state index is 12.3. The van der Waals surface area contributed by atoms with Crippen LogP contribution >= 0.6 is 0 Å². The van der Waals surface area contributed by atoms with Crippen LogP contribution in [0.4, 0.5) is 5.69 Å². The molecule has 0 atom stereocenters. The fraction of sp³-hybridized carbons (Fsp3) is 0.167. The van der Waals surface area contributed by atoms with Crippen LogP contribution in [0.1, 0.15) is 21.5 Å². The number of aryl methyl sites for hydroxylation is 2. The number of benzene rings is 2. The number of carbonyl (C=O) groups excluding carboxylic acids is 1. The third-order valence-electron chi connectivity index (χ3n) is 3.78. The van der Waals surface area contributed by atoms with Crippen LogP contribution in [0.15, 0.2) is 46.6 Å². The number of hydrogen-bond donors (Lipinski definition) is 2. The standard InChI is InChI=1S/C18H17N3O3/c1-10-8-11(2)15-13(9-10)16(18(23)19-15)20-21-17(22)12-6-4-5-7-14(12)24-3/h4-9,19,23H,1-3H3. The number of carbonyl (C=O) groups is 1. The van der Waals surface area contributed by atoms with E-state index in [1.807, 2.05) is 26.0 Å². The largest absolute Gasteiger partial charge is 0.496 e. The van der Waals surface area contributed by atoms with Crippen LogP contribution in [-0.4, -0.2) is 23.1 Å². The Morgan fingerprint density at radius 2 is 1.96 bits per heavy atom. The lowest BCUT2D eigenvalue weighted by atomic mass is 10.1. The fourth-order valence-corrected chi connectivity index (χ4v) is 2.70. The van der Waals surface area contributed by atoms with Crippen molar-refractivity contribution in [2.75, 3.05) is 7.11 Å². The highest BCUT2D eigenvalue weighted by molar-refractivity contribution is 5.99. The second-order valence-corrected chi connectivity index (χ2v) is 5.53. The van der Waals surface area contributed by atoms with E-state index in [1.54, 1.807) is 24.3 Å². The van der Waals surface area contributed by atoms with E-state index in [9.17, 15) is 9.90 Å². The Morgan fingerprint density at radius 1 is 1.21 bits per heavy atom. The van der Waals surface area contributed by atoms with Crippen LogP contribution in [-0.2, 0) is 0 Å². The van der Waals surface area contributed by atoms with Crippen molar-refractivity contribution in [2.24, 2.45) is 10.2 Å². The Hall–Kier alpha value is -3.15. The zero-order chi connectivity index (χ0) is 17.3. The van der Waals surface area contributed by atoms with E-state index in [-0.39, 0.29) is 11.6 Å². The summed E-state index contributed by atoms with van der Waals surface area (Å²) in [6.07, 6.45) is 0. The summed E-state index contributed by atoms with van der Waals surface area (Å²) >= 11 is 0. The van der Waals surface area contributed by atoms with Gasteiger partial charge < -0.3 is 14.8 Å². The molecular formula is C18H17N3O3. The number of amides is 1. The second-order valence-electron chi connectivity index (χ2n) is 5.53. The molecule has 0 aliphatic carbocycles. The van der Waals surface area contributed by atoms with Gasteiger partial charge in [-0.1, -0.05) is 23.8 Å². The Morgan fingerprint density at radius 3 is 2.71 bits per heavy atom. The number of ether oxygens (including phenoxy) is 1. The number of aromatic nitrogens is 1. The van der Waals surface area contributed by atoms with Gasteiger partial charge in [0.2, 0.25) is 5.88 Å². The first kappa shape index (κ1) is 15.7. The van der Waals surface area contributed by atoms with E-state index < -0.39 is 5.91 Å². The first-order valence-corrected chi connectivity index (χ1v) is 7.42. The summed E-state index contributed by atoms with van der Waals surface area (Å²) in [4.78, 5) is 15.1. The number of nitrogens with zero attached hydrogens (tertiary/aromatic N) is 2. The Bertz CT molecular complexity index is 958. The van der Waals surface area contributed by atoms with Crippen molar-refractivity contribution in [3.63, 3.8) is 0 Å². The molecule has 1 amide bonds. The van der Waals surface area contributed by atoms with Gasteiger partial charge in [-0.15, -0.1) is 10.2 Å². The molecule has 2 aromatic carbocycles. The zero-order valence-corrected chi connectivity index (χ0v) is 13.6.